The molecule has 108 valence electrons. The average Bonchev–Trinajstić information content (AvgIpc) is 2.43. The van der Waals surface area contributed by atoms with Crippen LogP contribution in [0.5, 0.6) is 11.5 Å². The molecule has 0 atom stereocenters. The van der Waals surface area contributed by atoms with Gasteiger partial charge in [0.25, 0.3) is 0 Å². The van der Waals surface area contributed by atoms with Gasteiger partial charge in [0.15, 0.2) is 0 Å². The van der Waals surface area contributed by atoms with Crippen molar-refractivity contribution in [1.29, 1.82) is 0 Å². The van der Waals surface area contributed by atoms with Crippen LogP contribution in [-0.2, 0) is 12.8 Å². The molecular weight excluding hydrogens is 248 g/mol. The molecule has 0 bridgehead atoms. The lowest BCUT2D eigenvalue weighted by Gasteiger charge is -1.99. The van der Waals surface area contributed by atoms with Crippen LogP contribution < -0.4 is 0 Å². The van der Waals surface area contributed by atoms with Gasteiger partial charge in [0, 0.05) is 0 Å². The van der Waals surface area contributed by atoms with E-state index in [1.807, 2.05) is 36.4 Å². The number of aryl methyl sites for hydroxylation is 2. The minimum Gasteiger partial charge on any atom is -0.508 e. The quantitative estimate of drug-likeness (QED) is 0.847. The van der Waals surface area contributed by atoms with Crippen molar-refractivity contribution in [3.8, 4) is 11.5 Å². The summed E-state index contributed by atoms with van der Waals surface area (Å²) in [6.07, 6.45) is 4.22. The zero-order chi connectivity index (χ0) is 14.8. The number of aromatic hydroxyl groups is 2. The van der Waals surface area contributed by atoms with Gasteiger partial charge in [-0.15, -0.1) is 0 Å². The van der Waals surface area contributed by atoms with Crippen LogP contribution >= 0.6 is 0 Å². The number of benzene rings is 2. The van der Waals surface area contributed by atoms with Gasteiger partial charge in [-0.05, 0) is 42.2 Å². The topological polar surface area (TPSA) is 40.5 Å². The summed E-state index contributed by atoms with van der Waals surface area (Å²) in [5.41, 5.74) is 2.26. The Morgan fingerprint density at radius 1 is 0.800 bits per heavy atom. The fourth-order valence-electron chi connectivity index (χ4n) is 1.99. The van der Waals surface area contributed by atoms with Crippen LogP contribution in [0.4, 0.5) is 0 Å². The summed E-state index contributed by atoms with van der Waals surface area (Å²) in [6.45, 7) is 4.23. The smallest absolute Gasteiger partial charge is 0.118 e. The lowest BCUT2D eigenvalue weighted by atomic mass is 10.1. The van der Waals surface area contributed by atoms with E-state index in [9.17, 15) is 5.11 Å². The van der Waals surface area contributed by atoms with Gasteiger partial charge in [0.05, 0.1) is 0 Å². The van der Waals surface area contributed by atoms with Crippen LogP contribution in [0.15, 0.2) is 48.5 Å². The predicted octanol–water partition coefficient (Wildman–Crippen LogP) is 4.69. The van der Waals surface area contributed by atoms with Crippen molar-refractivity contribution in [3.63, 3.8) is 0 Å². The fraction of sp³-hybridized carbons (Fsp3) is 0.333. The van der Waals surface area contributed by atoms with Crippen LogP contribution in [0.25, 0.3) is 0 Å². The van der Waals surface area contributed by atoms with E-state index in [1.54, 1.807) is 12.1 Å². The summed E-state index contributed by atoms with van der Waals surface area (Å²) >= 11 is 0. The Labute approximate surface area is 121 Å². The Kier molecular flexibility index (Phi) is 7.26. The third-order valence-electron chi connectivity index (χ3n) is 2.96. The third kappa shape index (κ3) is 5.79. The molecule has 2 N–H and O–H groups in total. The number of hydrogen-bond acceptors (Lipinski definition) is 2. The molecule has 0 heterocycles. The highest BCUT2D eigenvalue weighted by molar-refractivity contribution is 5.31. The fourth-order valence-corrected chi connectivity index (χ4v) is 1.99. The Morgan fingerprint density at radius 2 is 1.50 bits per heavy atom. The molecule has 0 aliphatic carbocycles. The summed E-state index contributed by atoms with van der Waals surface area (Å²) < 4.78 is 0. The number of para-hydroxylation sites is 1. The molecule has 2 aromatic carbocycles. The van der Waals surface area contributed by atoms with Crippen LogP contribution in [0, 0.1) is 0 Å². The highest BCUT2D eigenvalue weighted by Crippen LogP contribution is 2.16. The first-order chi connectivity index (χ1) is 9.67. The molecule has 0 aliphatic heterocycles. The molecule has 0 saturated carbocycles. The highest BCUT2D eigenvalue weighted by atomic mass is 16.3. The highest BCUT2D eigenvalue weighted by Gasteiger charge is 1.95. The maximum Gasteiger partial charge on any atom is 0.118 e. The lowest BCUT2D eigenvalue weighted by molar-refractivity contribution is 0.467. The zero-order valence-electron chi connectivity index (χ0n) is 12.3. The van der Waals surface area contributed by atoms with E-state index in [-0.39, 0.29) is 0 Å². The molecule has 2 rings (SSSR count). The number of rotatable bonds is 4. The average molecular weight is 272 g/mol. The lowest BCUT2D eigenvalue weighted by Crippen LogP contribution is -1.81. The van der Waals surface area contributed by atoms with Crippen LogP contribution in [0.1, 0.15) is 37.8 Å². The van der Waals surface area contributed by atoms with Gasteiger partial charge >= 0.3 is 0 Å². The summed E-state index contributed by atoms with van der Waals surface area (Å²) in [4.78, 5) is 0. The van der Waals surface area contributed by atoms with Gasteiger partial charge in [0.2, 0.25) is 0 Å². The molecule has 0 saturated heterocycles. The number of hydrogen-bond donors (Lipinski definition) is 2. The van der Waals surface area contributed by atoms with E-state index in [2.05, 4.69) is 13.8 Å². The van der Waals surface area contributed by atoms with E-state index in [4.69, 9.17) is 5.11 Å². The summed E-state index contributed by atoms with van der Waals surface area (Å²) in [5, 5.41) is 18.3. The molecule has 0 spiro atoms. The minimum absolute atomic E-state index is 0.367. The molecule has 0 unspecified atom stereocenters. The molecule has 0 aliphatic rings. The van der Waals surface area contributed by atoms with Crippen molar-refractivity contribution < 1.29 is 10.2 Å². The van der Waals surface area contributed by atoms with Gasteiger partial charge in [-0.3, -0.25) is 0 Å². The summed E-state index contributed by atoms with van der Waals surface area (Å²) in [5.74, 6) is 0.787. The standard InChI is InChI=1S/2C9H12O/c1-2-5-8-6-3-4-7-9(8)10;1-2-4-8-5-3-6-9(10)7-8/h3-4,6-7,10H,2,5H2,1H3;3,5-7,10H,2,4H2,1H3. The Bertz CT molecular complexity index is 506. The first kappa shape index (κ1) is 16.1. The Hall–Kier alpha value is -1.96. The van der Waals surface area contributed by atoms with Crippen LogP contribution in [0.3, 0.4) is 0 Å². The second-order valence-electron chi connectivity index (χ2n) is 4.80. The van der Waals surface area contributed by atoms with Gasteiger partial charge in [-0.2, -0.15) is 0 Å². The van der Waals surface area contributed by atoms with Gasteiger partial charge in [0.1, 0.15) is 11.5 Å². The second kappa shape index (κ2) is 9.03. The van der Waals surface area contributed by atoms with Crippen molar-refractivity contribution in [2.45, 2.75) is 39.5 Å². The monoisotopic (exact) mass is 272 g/mol. The first-order valence-corrected chi connectivity index (χ1v) is 7.22. The Morgan fingerprint density at radius 3 is 2.10 bits per heavy atom. The second-order valence-corrected chi connectivity index (χ2v) is 4.80. The van der Waals surface area contributed by atoms with Crippen molar-refractivity contribution in [2.24, 2.45) is 0 Å². The van der Waals surface area contributed by atoms with Crippen molar-refractivity contribution in [2.75, 3.05) is 0 Å². The molecule has 20 heavy (non-hydrogen) atoms. The van der Waals surface area contributed by atoms with Crippen molar-refractivity contribution >= 4 is 0 Å². The minimum atomic E-state index is 0.367. The third-order valence-corrected chi connectivity index (χ3v) is 2.96. The summed E-state index contributed by atoms with van der Waals surface area (Å²) in [7, 11) is 0. The van der Waals surface area contributed by atoms with E-state index in [0.717, 1.165) is 31.2 Å². The van der Waals surface area contributed by atoms with Gasteiger partial charge < -0.3 is 10.2 Å². The van der Waals surface area contributed by atoms with E-state index in [0.29, 0.717) is 11.5 Å². The maximum atomic E-state index is 9.24. The predicted molar refractivity (Wildman–Crippen MR) is 84.2 cm³/mol. The molecule has 2 aromatic rings. The van der Waals surface area contributed by atoms with Gasteiger partial charge in [-0.1, -0.05) is 57.0 Å². The first-order valence-electron chi connectivity index (χ1n) is 7.22. The van der Waals surface area contributed by atoms with E-state index < -0.39 is 0 Å². The number of phenolic OH excluding ortho intramolecular Hbond substituents is 2. The van der Waals surface area contributed by atoms with Crippen molar-refractivity contribution in [3.05, 3.63) is 59.7 Å². The van der Waals surface area contributed by atoms with E-state index in [1.165, 1.54) is 5.56 Å². The summed E-state index contributed by atoms with van der Waals surface area (Å²) in [6, 6.07) is 14.9. The number of phenols is 2. The molecule has 2 nitrogen and oxygen atoms in total. The largest absolute Gasteiger partial charge is 0.508 e. The maximum absolute atomic E-state index is 9.24. The molecule has 0 amide bonds. The van der Waals surface area contributed by atoms with Crippen molar-refractivity contribution in [1.82, 2.24) is 0 Å². The Balaban J connectivity index is 0.000000200. The molecule has 0 fully saturated rings. The normalized spacial score (nSPS) is 9.70. The molecular formula is C18H24O2. The molecule has 0 aromatic heterocycles. The molecule has 0 radical (unpaired) electrons. The van der Waals surface area contributed by atoms with Crippen LogP contribution in [0.2, 0.25) is 0 Å². The molecule has 2 heteroatoms. The van der Waals surface area contributed by atoms with Crippen LogP contribution in [-0.4, -0.2) is 10.2 Å². The van der Waals surface area contributed by atoms with E-state index >= 15 is 0 Å². The SMILES string of the molecule is CCCc1cccc(O)c1.CCCc1ccccc1O. The zero-order valence-corrected chi connectivity index (χ0v) is 12.3. The van der Waals surface area contributed by atoms with Gasteiger partial charge in [-0.25, -0.2) is 0 Å².